The lowest BCUT2D eigenvalue weighted by Crippen LogP contribution is -2.36. The summed E-state index contributed by atoms with van der Waals surface area (Å²) in [5.74, 6) is -1.18. The molecular formula is C13H19N5O3. The molecule has 1 atom stereocenters. The number of aromatic nitrogens is 5. The van der Waals surface area contributed by atoms with Crippen molar-refractivity contribution in [3.05, 3.63) is 18.2 Å². The molecule has 0 aliphatic carbocycles. The SMILES string of the molecule is CC(C)C(C)(O)Cn1nnc(C(=O)O)c1-c1cncn1C. The third-order valence-corrected chi connectivity index (χ3v) is 3.71. The van der Waals surface area contributed by atoms with Gasteiger partial charge in [0, 0.05) is 7.05 Å². The summed E-state index contributed by atoms with van der Waals surface area (Å²) in [5, 5.41) is 27.3. The Balaban J connectivity index is 2.54. The molecule has 1 unspecified atom stereocenters. The van der Waals surface area contributed by atoms with Crippen LogP contribution in [0.25, 0.3) is 11.4 Å². The molecule has 0 bridgehead atoms. The zero-order chi connectivity index (χ0) is 15.8. The molecule has 2 heterocycles. The van der Waals surface area contributed by atoms with E-state index in [0.717, 1.165) is 0 Å². The molecule has 8 heteroatoms. The Hall–Kier alpha value is -2.22. The maximum Gasteiger partial charge on any atom is 0.358 e. The Bertz CT molecular complexity index is 657. The Kier molecular flexibility index (Phi) is 3.82. The van der Waals surface area contributed by atoms with Gasteiger partial charge in [0.2, 0.25) is 0 Å². The van der Waals surface area contributed by atoms with Crippen LogP contribution in [0.15, 0.2) is 12.5 Å². The van der Waals surface area contributed by atoms with E-state index in [4.69, 9.17) is 0 Å². The first kappa shape index (κ1) is 15.2. The summed E-state index contributed by atoms with van der Waals surface area (Å²) in [7, 11) is 1.76. The van der Waals surface area contributed by atoms with Gasteiger partial charge >= 0.3 is 5.97 Å². The average molecular weight is 293 g/mol. The van der Waals surface area contributed by atoms with E-state index < -0.39 is 11.6 Å². The fourth-order valence-corrected chi connectivity index (χ4v) is 1.89. The van der Waals surface area contributed by atoms with Crippen molar-refractivity contribution < 1.29 is 15.0 Å². The number of hydrogen-bond acceptors (Lipinski definition) is 5. The molecule has 0 spiro atoms. The van der Waals surface area contributed by atoms with E-state index >= 15 is 0 Å². The van der Waals surface area contributed by atoms with Crippen LogP contribution in [0.5, 0.6) is 0 Å². The van der Waals surface area contributed by atoms with Crippen LogP contribution in [0, 0.1) is 5.92 Å². The van der Waals surface area contributed by atoms with Crippen LogP contribution in [-0.4, -0.2) is 46.3 Å². The number of aromatic carboxylic acids is 1. The highest BCUT2D eigenvalue weighted by atomic mass is 16.4. The summed E-state index contributed by atoms with van der Waals surface area (Å²) in [6.07, 6.45) is 3.12. The van der Waals surface area contributed by atoms with Crippen LogP contribution < -0.4 is 0 Å². The smallest absolute Gasteiger partial charge is 0.358 e. The molecule has 0 fully saturated rings. The monoisotopic (exact) mass is 293 g/mol. The van der Waals surface area contributed by atoms with Gasteiger partial charge in [0.25, 0.3) is 0 Å². The third-order valence-electron chi connectivity index (χ3n) is 3.71. The van der Waals surface area contributed by atoms with Gasteiger partial charge in [0.05, 0.1) is 30.4 Å². The van der Waals surface area contributed by atoms with Crippen molar-refractivity contribution in [1.29, 1.82) is 0 Å². The Labute approximate surface area is 122 Å². The summed E-state index contributed by atoms with van der Waals surface area (Å²) in [6.45, 7) is 5.61. The van der Waals surface area contributed by atoms with E-state index in [1.165, 1.54) is 4.68 Å². The van der Waals surface area contributed by atoms with Crippen molar-refractivity contribution >= 4 is 5.97 Å². The first-order valence-corrected chi connectivity index (χ1v) is 6.60. The lowest BCUT2D eigenvalue weighted by Gasteiger charge is -2.27. The Morgan fingerprint density at radius 1 is 1.48 bits per heavy atom. The molecule has 0 amide bonds. The number of aryl methyl sites for hydroxylation is 1. The minimum absolute atomic E-state index is 0.0191. The first-order chi connectivity index (χ1) is 9.74. The van der Waals surface area contributed by atoms with Crippen LogP contribution in [0.3, 0.4) is 0 Å². The van der Waals surface area contributed by atoms with Crippen molar-refractivity contribution in [3.63, 3.8) is 0 Å². The number of rotatable bonds is 5. The highest BCUT2D eigenvalue weighted by molar-refractivity contribution is 5.92. The molecule has 0 aromatic carbocycles. The second-order valence-corrected chi connectivity index (χ2v) is 5.65. The summed E-state index contributed by atoms with van der Waals surface area (Å²) < 4.78 is 3.10. The van der Waals surface area contributed by atoms with Gasteiger partial charge in [-0.2, -0.15) is 0 Å². The van der Waals surface area contributed by atoms with Crippen LogP contribution in [0.4, 0.5) is 0 Å². The molecule has 0 saturated heterocycles. The number of carboxylic acid groups (broad SMARTS) is 1. The number of carboxylic acids is 1. The number of hydrogen-bond donors (Lipinski definition) is 2. The fourth-order valence-electron chi connectivity index (χ4n) is 1.89. The lowest BCUT2D eigenvalue weighted by molar-refractivity contribution is -0.00572. The van der Waals surface area contributed by atoms with Gasteiger partial charge in [0.1, 0.15) is 5.69 Å². The largest absolute Gasteiger partial charge is 0.476 e. The number of imidazole rings is 1. The molecular weight excluding hydrogens is 274 g/mol. The van der Waals surface area contributed by atoms with Gasteiger partial charge in [-0.3, -0.25) is 0 Å². The summed E-state index contributed by atoms with van der Waals surface area (Å²) >= 11 is 0. The van der Waals surface area contributed by atoms with Crippen molar-refractivity contribution in [3.8, 4) is 11.4 Å². The zero-order valence-corrected chi connectivity index (χ0v) is 12.5. The number of aliphatic hydroxyl groups is 1. The van der Waals surface area contributed by atoms with Gasteiger partial charge in [-0.05, 0) is 12.8 Å². The molecule has 0 saturated carbocycles. The Morgan fingerprint density at radius 3 is 2.62 bits per heavy atom. The van der Waals surface area contributed by atoms with Gasteiger partial charge in [0.15, 0.2) is 5.69 Å². The van der Waals surface area contributed by atoms with Crippen LogP contribution in [0.2, 0.25) is 0 Å². The fraction of sp³-hybridized carbons (Fsp3) is 0.538. The predicted octanol–water partition coefficient (Wildman–Crippen LogP) is 0.784. The van der Waals surface area contributed by atoms with Crippen molar-refractivity contribution in [2.45, 2.75) is 32.9 Å². The lowest BCUT2D eigenvalue weighted by atomic mass is 9.92. The third kappa shape index (κ3) is 2.80. The van der Waals surface area contributed by atoms with E-state index in [1.807, 2.05) is 13.8 Å². The molecule has 0 radical (unpaired) electrons. The van der Waals surface area contributed by atoms with Crippen molar-refractivity contribution in [1.82, 2.24) is 24.5 Å². The molecule has 2 aromatic heterocycles. The normalized spacial score (nSPS) is 14.4. The van der Waals surface area contributed by atoms with Crippen molar-refractivity contribution in [2.24, 2.45) is 13.0 Å². The molecule has 0 aliphatic heterocycles. The van der Waals surface area contributed by atoms with E-state index in [9.17, 15) is 15.0 Å². The molecule has 114 valence electrons. The minimum Gasteiger partial charge on any atom is -0.476 e. The Morgan fingerprint density at radius 2 is 2.14 bits per heavy atom. The summed E-state index contributed by atoms with van der Waals surface area (Å²) in [5.41, 5.74) is -0.268. The van der Waals surface area contributed by atoms with Crippen LogP contribution in [-0.2, 0) is 13.6 Å². The van der Waals surface area contributed by atoms with E-state index in [-0.39, 0.29) is 18.2 Å². The topological polar surface area (TPSA) is 106 Å². The second kappa shape index (κ2) is 5.28. The highest BCUT2D eigenvalue weighted by Crippen LogP contribution is 2.25. The van der Waals surface area contributed by atoms with Gasteiger partial charge < -0.3 is 14.8 Å². The van der Waals surface area contributed by atoms with Crippen LogP contribution >= 0.6 is 0 Å². The molecule has 21 heavy (non-hydrogen) atoms. The van der Waals surface area contributed by atoms with Gasteiger partial charge in [-0.25, -0.2) is 14.5 Å². The summed E-state index contributed by atoms with van der Waals surface area (Å²) in [6, 6.07) is 0. The second-order valence-electron chi connectivity index (χ2n) is 5.65. The molecule has 0 aliphatic rings. The van der Waals surface area contributed by atoms with Gasteiger partial charge in [-0.1, -0.05) is 19.1 Å². The minimum atomic E-state index is -1.17. The number of nitrogens with zero attached hydrogens (tertiary/aromatic N) is 5. The quantitative estimate of drug-likeness (QED) is 0.844. The number of carbonyl (C=O) groups is 1. The molecule has 8 nitrogen and oxygen atoms in total. The van der Waals surface area contributed by atoms with Crippen LogP contribution in [0.1, 0.15) is 31.3 Å². The zero-order valence-electron chi connectivity index (χ0n) is 12.5. The van der Waals surface area contributed by atoms with E-state index in [0.29, 0.717) is 11.4 Å². The first-order valence-electron chi connectivity index (χ1n) is 6.60. The molecule has 2 aromatic rings. The van der Waals surface area contributed by atoms with E-state index in [2.05, 4.69) is 15.3 Å². The maximum absolute atomic E-state index is 11.3. The van der Waals surface area contributed by atoms with E-state index in [1.54, 1.807) is 31.1 Å². The maximum atomic E-state index is 11.3. The highest BCUT2D eigenvalue weighted by Gasteiger charge is 2.30. The predicted molar refractivity (Wildman–Crippen MR) is 74.6 cm³/mol. The average Bonchev–Trinajstić information content (AvgIpc) is 2.94. The molecule has 2 N–H and O–H groups in total. The standard InChI is InChI=1S/C13H19N5O3/c1-8(2)13(3,21)6-18-11(9-5-14-7-17(9)4)10(12(19)20)15-16-18/h5,7-8,21H,6H2,1-4H3,(H,19,20). The van der Waals surface area contributed by atoms with Gasteiger partial charge in [-0.15, -0.1) is 5.10 Å². The molecule has 2 rings (SSSR count). The summed E-state index contributed by atoms with van der Waals surface area (Å²) in [4.78, 5) is 15.3. The van der Waals surface area contributed by atoms with Crippen molar-refractivity contribution in [2.75, 3.05) is 0 Å².